The van der Waals surface area contributed by atoms with E-state index >= 15 is 0 Å². The normalized spacial score (nSPS) is 16.8. The van der Waals surface area contributed by atoms with E-state index in [-0.39, 0.29) is 11.9 Å². The number of carbonyl (C=O) groups excluding carboxylic acids is 1. The van der Waals surface area contributed by atoms with Crippen molar-refractivity contribution in [3.63, 3.8) is 0 Å². The van der Waals surface area contributed by atoms with E-state index in [1.54, 1.807) is 0 Å². The van der Waals surface area contributed by atoms with Crippen LogP contribution in [0.5, 0.6) is 5.75 Å². The van der Waals surface area contributed by atoms with Crippen molar-refractivity contribution in [2.24, 2.45) is 5.73 Å². The maximum absolute atomic E-state index is 12.5. The van der Waals surface area contributed by atoms with E-state index in [9.17, 15) is 4.79 Å². The lowest BCUT2D eigenvalue weighted by atomic mass is 10.0. The van der Waals surface area contributed by atoms with Crippen LogP contribution in [-0.4, -0.2) is 29.9 Å². The molecule has 0 aromatic heterocycles. The molecule has 2 N–H and O–H groups in total. The Labute approximate surface area is 149 Å². The lowest BCUT2D eigenvalue weighted by Gasteiger charge is -2.40. The smallest absolute Gasteiger partial charge is 0.254 e. The predicted molar refractivity (Wildman–Crippen MR) is 98.4 cm³/mol. The predicted octanol–water partition coefficient (Wildman–Crippen LogP) is 3.04. The molecule has 4 nitrogen and oxygen atoms in total. The van der Waals surface area contributed by atoms with Gasteiger partial charge >= 0.3 is 0 Å². The average Bonchev–Trinajstić information content (AvgIpc) is 2.54. The molecule has 1 fully saturated rings. The van der Waals surface area contributed by atoms with Crippen LogP contribution in [0.15, 0.2) is 48.5 Å². The number of carbonyl (C=O) groups is 1. The highest BCUT2D eigenvalue weighted by atomic mass is 127. The minimum Gasteiger partial charge on any atom is -0.489 e. The van der Waals surface area contributed by atoms with E-state index in [2.05, 4.69) is 22.6 Å². The number of nitrogens with two attached hydrogens (primary N) is 1. The van der Waals surface area contributed by atoms with Gasteiger partial charge in [-0.15, -0.1) is 0 Å². The number of hydrogen-bond donors (Lipinski definition) is 1. The van der Waals surface area contributed by atoms with Gasteiger partial charge in [-0.05, 0) is 71.0 Å². The zero-order valence-electron chi connectivity index (χ0n) is 12.7. The Hall–Kier alpha value is -1.60. The summed E-state index contributed by atoms with van der Waals surface area (Å²) >= 11 is 2.26. The van der Waals surface area contributed by atoms with Crippen molar-refractivity contribution < 1.29 is 9.53 Å². The molecule has 2 aromatic rings. The number of likely N-dealkylation sites (tertiary alicyclic amines) is 1. The molecule has 0 spiro atoms. The minimum atomic E-state index is 0.0582. The summed E-state index contributed by atoms with van der Waals surface area (Å²) in [5.74, 6) is 0.885. The highest BCUT2D eigenvalue weighted by molar-refractivity contribution is 14.1. The number of hydrogen-bond acceptors (Lipinski definition) is 3. The number of halogens is 1. The second kappa shape index (κ2) is 7.31. The number of amides is 1. The Kier molecular flexibility index (Phi) is 5.17. The van der Waals surface area contributed by atoms with Gasteiger partial charge in [0.25, 0.3) is 5.91 Å². The molecule has 1 amide bonds. The van der Waals surface area contributed by atoms with Gasteiger partial charge in [0.2, 0.25) is 0 Å². The van der Waals surface area contributed by atoms with Crippen molar-refractivity contribution in [3.05, 3.63) is 63.2 Å². The van der Waals surface area contributed by atoms with Crippen molar-refractivity contribution in [2.75, 3.05) is 13.1 Å². The van der Waals surface area contributed by atoms with Crippen LogP contribution in [0, 0.1) is 3.57 Å². The van der Waals surface area contributed by atoms with Gasteiger partial charge in [-0.3, -0.25) is 4.79 Å². The monoisotopic (exact) mass is 422 g/mol. The zero-order valence-corrected chi connectivity index (χ0v) is 14.9. The SMILES string of the molecule is NCC1CCN1C(=O)c1cccc(COc2ccc(I)cc2)c1. The summed E-state index contributed by atoms with van der Waals surface area (Å²) in [6.07, 6.45) is 0.998. The maximum Gasteiger partial charge on any atom is 0.254 e. The summed E-state index contributed by atoms with van der Waals surface area (Å²) in [6, 6.07) is 15.7. The number of nitrogens with zero attached hydrogens (tertiary/aromatic N) is 1. The quantitative estimate of drug-likeness (QED) is 0.754. The number of ether oxygens (including phenoxy) is 1. The van der Waals surface area contributed by atoms with Gasteiger partial charge in [-0.2, -0.15) is 0 Å². The Bertz CT molecular complexity index is 686. The van der Waals surface area contributed by atoms with Gasteiger partial charge < -0.3 is 15.4 Å². The highest BCUT2D eigenvalue weighted by Crippen LogP contribution is 2.21. The molecule has 120 valence electrons. The van der Waals surface area contributed by atoms with Crippen molar-refractivity contribution >= 4 is 28.5 Å². The molecular formula is C18H19IN2O2. The highest BCUT2D eigenvalue weighted by Gasteiger charge is 2.31. The molecule has 1 saturated heterocycles. The van der Waals surface area contributed by atoms with E-state index in [4.69, 9.17) is 10.5 Å². The summed E-state index contributed by atoms with van der Waals surface area (Å²) < 4.78 is 6.95. The molecular weight excluding hydrogens is 403 g/mol. The molecule has 1 atom stereocenters. The maximum atomic E-state index is 12.5. The molecule has 23 heavy (non-hydrogen) atoms. The minimum absolute atomic E-state index is 0.0582. The van der Waals surface area contributed by atoms with Crippen molar-refractivity contribution in [3.8, 4) is 5.75 Å². The molecule has 1 unspecified atom stereocenters. The van der Waals surface area contributed by atoms with Gasteiger partial charge in [0.15, 0.2) is 0 Å². The molecule has 2 aromatic carbocycles. The van der Waals surface area contributed by atoms with Gasteiger partial charge in [-0.1, -0.05) is 12.1 Å². The first-order chi connectivity index (χ1) is 11.2. The molecule has 1 aliphatic rings. The lowest BCUT2D eigenvalue weighted by Crippen LogP contribution is -2.54. The summed E-state index contributed by atoms with van der Waals surface area (Å²) in [7, 11) is 0. The fourth-order valence-electron chi connectivity index (χ4n) is 2.61. The Balaban J connectivity index is 1.65. The van der Waals surface area contributed by atoms with Crippen LogP contribution in [0.4, 0.5) is 0 Å². The van der Waals surface area contributed by atoms with Crippen molar-refractivity contribution in [1.29, 1.82) is 0 Å². The summed E-state index contributed by atoms with van der Waals surface area (Å²) in [4.78, 5) is 14.3. The zero-order chi connectivity index (χ0) is 16.2. The largest absolute Gasteiger partial charge is 0.489 e. The number of rotatable bonds is 5. The second-order valence-corrected chi connectivity index (χ2v) is 6.87. The first-order valence-electron chi connectivity index (χ1n) is 7.65. The first kappa shape index (κ1) is 16.3. The molecule has 0 radical (unpaired) electrons. The van der Waals surface area contributed by atoms with E-state index in [1.165, 1.54) is 3.57 Å². The Morgan fingerprint density at radius 1 is 1.26 bits per heavy atom. The topological polar surface area (TPSA) is 55.6 Å². The fraction of sp³-hybridized carbons (Fsp3) is 0.278. The third-order valence-electron chi connectivity index (χ3n) is 4.07. The molecule has 1 aliphatic heterocycles. The van der Waals surface area contributed by atoms with Crippen LogP contribution in [-0.2, 0) is 6.61 Å². The van der Waals surface area contributed by atoms with Crippen LogP contribution in [0.25, 0.3) is 0 Å². The van der Waals surface area contributed by atoms with Crippen LogP contribution in [0.2, 0.25) is 0 Å². The van der Waals surface area contributed by atoms with Crippen LogP contribution in [0.3, 0.4) is 0 Å². The summed E-state index contributed by atoms with van der Waals surface area (Å²) in [6.45, 7) is 1.77. The second-order valence-electron chi connectivity index (χ2n) is 5.62. The van der Waals surface area contributed by atoms with E-state index < -0.39 is 0 Å². The van der Waals surface area contributed by atoms with Crippen LogP contribution >= 0.6 is 22.6 Å². The molecule has 1 heterocycles. The lowest BCUT2D eigenvalue weighted by molar-refractivity contribution is 0.0481. The van der Waals surface area contributed by atoms with Gasteiger partial charge in [-0.25, -0.2) is 0 Å². The first-order valence-corrected chi connectivity index (χ1v) is 8.73. The van der Waals surface area contributed by atoms with E-state index in [0.29, 0.717) is 18.7 Å². The molecule has 0 bridgehead atoms. The third kappa shape index (κ3) is 3.84. The van der Waals surface area contributed by atoms with Crippen LogP contribution < -0.4 is 10.5 Å². The third-order valence-corrected chi connectivity index (χ3v) is 4.79. The van der Waals surface area contributed by atoms with E-state index in [1.807, 2.05) is 53.4 Å². The van der Waals surface area contributed by atoms with E-state index in [0.717, 1.165) is 24.3 Å². The van der Waals surface area contributed by atoms with Crippen molar-refractivity contribution in [2.45, 2.75) is 19.1 Å². The van der Waals surface area contributed by atoms with Crippen molar-refractivity contribution in [1.82, 2.24) is 4.90 Å². The standard InChI is InChI=1S/C18H19IN2O2/c19-15-4-6-17(7-5-15)23-12-13-2-1-3-14(10-13)18(22)21-9-8-16(21)11-20/h1-7,10,16H,8-9,11-12,20H2. The molecule has 0 saturated carbocycles. The molecule has 3 rings (SSSR count). The Morgan fingerprint density at radius 2 is 2.04 bits per heavy atom. The number of benzene rings is 2. The Morgan fingerprint density at radius 3 is 2.70 bits per heavy atom. The average molecular weight is 422 g/mol. The molecule has 0 aliphatic carbocycles. The van der Waals surface area contributed by atoms with Crippen LogP contribution in [0.1, 0.15) is 22.3 Å². The van der Waals surface area contributed by atoms with Gasteiger partial charge in [0.1, 0.15) is 12.4 Å². The molecule has 5 heteroatoms. The van der Waals surface area contributed by atoms with Gasteiger partial charge in [0.05, 0.1) is 0 Å². The summed E-state index contributed by atoms with van der Waals surface area (Å²) in [5, 5.41) is 0. The summed E-state index contributed by atoms with van der Waals surface area (Å²) in [5.41, 5.74) is 7.36. The van der Waals surface area contributed by atoms with Gasteiger partial charge in [0, 0.05) is 28.3 Å². The fourth-order valence-corrected chi connectivity index (χ4v) is 2.97.